The Balaban J connectivity index is 1.75. The third-order valence-electron chi connectivity index (χ3n) is 5.53. The lowest BCUT2D eigenvalue weighted by Gasteiger charge is -2.20. The van der Waals surface area contributed by atoms with Gasteiger partial charge < -0.3 is 9.47 Å². The Morgan fingerprint density at radius 2 is 1.69 bits per heavy atom. The lowest BCUT2D eigenvalue weighted by Crippen LogP contribution is -2.18. The first-order chi connectivity index (χ1) is 13.9. The maximum Gasteiger partial charge on any atom is 0.123 e. The SMILES string of the molecule is Cc1c(C)n(Cc2ccc(Cl)cc2)c2c(CN(C)c3ccc(F)cc3)nccc12. The Morgan fingerprint density at radius 3 is 2.38 bits per heavy atom. The van der Waals surface area contributed by atoms with Crippen LogP contribution >= 0.6 is 11.6 Å². The third kappa shape index (κ3) is 3.85. The summed E-state index contributed by atoms with van der Waals surface area (Å²) < 4.78 is 15.6. The first-order valence-corrected chi connectivity index (χ1v) is 9.96. The summed E-state index contributed by atoms with van der Waals surface area (Å²) in [5, 5.41) is 1.95. The van der Waals surface area contributed by atoms with Crippen LogP contribution in [0.2, 0.25) is 5.02 Å². The summed E-state index contributed by atoms with van der Waals surface area (Å²) in [6.45, 7) is 5.70. The average molecular weight is 408 g/mol. The first kappa shape index (κ1) is 19.5. The summed E-state index contributed by atoms with van der Waals surface area (Å²) in [6.07, 6.45) is 1.87. The van der Waals surface area contributed by atoms with E-state index in [9.17, 15) is 4.39 Å². The molecule has 2 aromatic carbocycles. The highest BCUT2D eigenvalue weighted by molar-refractivity contribution is 6.30. The Bertz CT molecular complexity index is 1150. The molecule has 5 heteroatoms. The Labute approximate surface area is 175 Å². The number of aromatic nitrogens is 2. The van der Waals surface area contributed by atoms with Crippen molar-refractivity contribution in [1.82, 2.24) is 9.55 Å². The molecule has 0 amide bonds. The van der Waals surface area contributed by atoms with Gasteiger partial charge in [0.1, 0.15) is 5.82 Å². The second-order valence-corrected chi connectivity index (χ2v) is 7.85. The van der Waals surface area contributed by atoms with Crippen molar-refractivity contribution >= 4 is 28.2 Å². The van der Waals surface area contributed by atoms with Gasteiger partial charge in [-0.3, -0.25) is 4.98 Å². The summed E-state index contributed by atoms with van der Waals surface area (Å²) in [6, 6.07) is 16.6. The van der Waals surface area contributed by atoms with E-state index in [1.165, 1.54) is 34.3 Å². The summed E-state index contributed by atoms with van der Waals surface area (Å²) in [7, 11) is 2.00. The molecule has 0 saturated heterocycles. The highest BCUT2D eigenvalue weighted by Crippen LogP contribution is 2.29. The number of rotatable bonds is 5. The molecule has 148 valence electrons. The molecule has 0 atom stereocenters. The van der Waals surface area contributed by atoms with Gasteiger partial charge in [0.25, 0.3) is 0 Å². The van der Waals surface area contributed by atoms with Crippen LogP contribution in [-0.4, -0.2) is 16.6 Å². The molecular weight excluding hydrogens is 385 g/mol. The van der Waals surface area contributed by atoms with Crippen LogP contribution in [0.3, 0.4) is 0 Å². The smallest absolute Gasteiger partial charge is 0.123 e. The van der Waals surface area contributed by atoms with Crippen molar-refractivity contribution in [1.29, 1.82) is 0 Å². The van der Waals surface area contributed by atoms with Gasteiger partial charge in [0, 0.05) is 41.6 Å². The maximum absolute atomic E-state index is 13.3. The van der Waals surface area contributed by atoms with Crippen molar-refractivity contribution in [3.8, 4) is 0 Å². The highest BCUT2D eigenvalue weighted by atomic mass is 35.5. The normalized spacial score (nSPS) is 11.2. The number of halogens is 2. The van der Waals surface area contributed by atoms with Crippen LogP contribution in [0.15, 0.2) is 60.8 Å². The van der Waals surface area contributed by atoms with Gasteiger partial charge in [-0.25, -0.2) is 4.39 Å². The largest absolute Gasteiger partial charge is 0.369 e. The van der Waals surface area contributed by atoms with E-state index in [-0.39, 0.29) is 5.82 Å². The van der Waals surface area contributed by atoms with Crippen molar-refractivity contribution in [2.45, 2.75) is 26.9 Å². The molecule has 0 fully saturated rings. The average Bonchev–Trinajstić information content (AvgIpc) is 2.96. The molecule has 0 spiro atoms. The zero-order valence-corrected chi connectivity index (χ0v) is 17.5. The molecule has 0 N–H and O–H groups in total. The number of hydrogen-bond acceptors (Lipinski definition) is 2. The van der Waals surface area contributed by atoms with E-state index >= 15 is 0 Å². The number of pyridine rings is 1. The predicted molar refractivity (Wildman–Crippen MR) is 118 cm³/mol. The van der Waals surface area contributed by atoms with Crippen LogP contribution < -0.4 is 4.90 Å². The van der Waals surface area contributed by atoms with Crippen LogP contribution in [0.25, 0.3) is 10.9 Å². The summed E-state index contributed by atoms with van der Waals surface area (Å²) >= 11 is 6.05. The van der Waals surface area contributed by atoms with Gasteiger partial charge in [-0.05, 0) is 67.4 Å². The number of hydrogen-bond donors (Lipinski definition) is 0. The Morgan fingerprint density at radius 1 is 1.00 bits per heavy atom. The van der Waals surface area contributed by atoms with Crippen LogP contribution in [0.1, 0.15) is 22.5 Å². The number of anilines is 1. The van der Waals surface area contributed by atoms with E-state index in [2.05, 4.69) is 41.5 Å². The lowest BCUT2D eigenvalue weighted by molar-refractivity contribution is 0.627. The predicted octanol–water partition coefficient (Wildman–Crippen LogP) is 6.13. The third-order valence-corrected chi connectivity index (χ3v) is 5.78. The number of benzene rings is 2. The monoisotopic (exact) mass is 407 g/mol. The zero-order valence-electron chi connectivity index (χ0n) is 16.8. The molecule has 4 rings (SSSR count). The fourth-order valence-electron chi connectivity index (χ4n) is 3.76. The van der Waals surface area contributed by atoms with E-state index in [4.69, 9.17) is 16.6 Å². The van der Waals surface area contributed by atoms with Crippen LogP contribution in [-0.2, 0) is 13.1 Å². The molecule has 0 aliphatic carbocycles. The summed E-state index contributed by atoms with van der Waals surface area (Å²) in [5.41, 5.74) is 6.78. The van der Waals surface area contributed by atoms with Gasteiger partial charge in [0.05, 0.1) is 17.8 Å². The molecule has 0 bridgehead atoms. The summed E-state index contributed by atoms with van der Waals surface area (Å²) in [5.74, 6) is -0.231. The van der Waals surface area contributed by atoms with Gasteiger partial charge >= 0.3 is 0 Å². The first-order valence-electron chi connectivity index (χ1n) is 9.58. The molecule has 29 heavy (non-hydrogen) atoms. The molecule has 0 radical (unpaired) electrons. The highest BCUT2D eigenvalue weighted by Gasteiger charge is 2.17. The minimum Gasteiger partial charge on any atom is -0.369 e. The van der Waals surface area contributed by atoms with Crippen molar-refractivity contribution in [3.63, 3.8) is 0 Å². The van der Waals surface area contributed by atoms with E-state index in [0.29, 0.717) is 6.54 Å². The standard InChI is InChI=1S/C24H23ClFN3/c1-16-17(2)29(14-18-4-6-19(25)7-5-18)24-22(16)12-13-27-23(24)15-28(3)21-10-8-20(26)9-11-21/h4-13H,14-15H2,1-3H3. The molecule has 2 aromatic heterocycles. The molecule has 4 aromatic rings. The zero-order chi connectivity index (χ0) is 20.5. The van der Waals surface area contributed by atoms with Crippen LogP contribution in [0, 0.1) is 19.7 Å². The van der Waals surface area contributed by atoms with Gasteiger partial charge in [-0.1, -0.05) is 23.7 Å². The number of nitrogens with zero attached hydrogens (tertiary/aromatic N) is 3. The van der Waals surface area contributed by atoms with Gasteiger partial charge in [0.15, 0.2) is 0 Å². The fourth-order valence-corrected chi connectivity index (χ4v) is 3.89. The fraction of sp³-hybridized carbons (Fsp3) is 0.208. The van der Waals surface area contributed by atoms with Gasteiger partial charge in [0.2, 0.25) is 0 Å². The van der Waals surface area contributed by atoms with Crippen molar-refractivity contribution in [3.05, 3.63) is 94.1 Å². The van der Waals surface area contributed by atoms with E-state index < -0.39 is 0 Å². The maximum atomic E-state index is 13.3. The minimum atomic E-state index is -0.231. The quantitative estimate of drug-likeness (QED) is 0.396. The molecular formula is C24H23ClFN3. The van der Waals surface area contributed by atoms with E-state index in [1.807, 2.05) is 25.4 Å². The van der Waals surface area contributed by atoms with Crippen molar-refractivity contribution < 1.29 is 4.39 Å². The van der Waals surface area contributed by atoms with Crippen LogP contribution in [0.4, 0.5) is 10.1 Å². The number of fused-ring (bicyclic) bond motifs is 1. The van der Waals surface area contributed by atoms with Gasteiger partial charge in [-0.2, -0.15) is 0 Å². The Hall–Kier alpha value is -2.85. The summed E-state index contributed by atoms with van der Waals surface area (Å²) in [4.78, 5) is 6.79. The van der Waals surface area contributed by atoms with Crippen LogP contribution in [0.5, 0.6) is 0 Å². The van der Waals surface area contributed by atoms with Crippen molar-refractivity contribution in [2.75, 3.05) is 11.9 Å². The topological polar surface area (TPSA) is 21.1 Å². The molecule has 0 aliphatic heterocycles. The Kier molecular flexibility index (Phi) is 5.29. The van der Waals surface area contributed by atoms with Gasteiger partial charge in [-0.15, -0.1) is 0 Å². The second-order valence-electron chi connectivity index (χ2n) is 7.41. The molecule has 2 heterocycles. The second kappa shape index (κ2) is 7.88. The van der Waals surface area contributed by atoms with E-state index in [0.717, 1.165) is 28.5 Å². The van der Waals surface area contributed by atoms with E-state index in [1.54, 1.807) is 12.1 Å². The molecule has 0 saturated carbocycles. The molecule has 3 nitrogen and oxygen atoms in total. The molecule has 0 aliphatic rings. The number of aryl methyl sites for hydroxylation is 1. The molecule has 0 unspecified atom stereocenters. The minimum absolute atomic E-state index is 0.231. The van der Waals surface area contributed by atoms with Crippen molar-refractivity contribution in [2.24, 2.45) is 0 Å². The lowest BCUT2D eigenvalue weighted by atomic mass is 10.1.